The van der Waals surface area contributed by atoms with Gasteiger partial charge in [0.1, 0.15) is 5.76 Å². The maximum atomic E-state index is 12.4. The molecule has 0 aliphatic carbocycles. The average Bonchev–Trinajstić information content (AvgIpc) is 2.75. The third-order valence-electron chi connectivity index (χ3n) is 2.92. The number of hydrogen-bond donors (Lipinski definition) is 1. The molecule has 19 heavy (non-hydrogen) atoms. The topological polar surface area (TPSA) is 39.2 Å². The molecular formula is C14H14F3NO. The van der Waals surface area contributed by atoms with Gasteiger partial charge in [0.05, 0.1) is 11.8 Å². The highest BCUT2D eigenvalue weighted by Gasteiger charge is 2.29. The normalized spacial score (nSPS) is 13.5. The minimum atomic E-state index is -4.30. The Kier molecular flexibility index (Phi) is 3.66. The van der Waals surface area contributed by atoms with Gasteiger partial charge in [-0.3, -0.25) is 0 Å². The number of furan rings is 1. The van der Waals surface area contributed by atoms with E-state index < -0.39 is 11.7 Å². The van der Waals surface area contributed by atoms with Gasteiger partial charge in [-0.1, -0.05) is 12.1 Å². The van der Waals surface area contributed by atoms with E-state index in [4.69, 9.17) is 10.2 Å². The van der Waals surface area contributed by atoms with Crippen molar-refractivity contribution in [3.63, 3.8) is 0 Å². The molecular weight excluding hydrogens is 255 g/mol. The lowest BCUT2D eigenvalue weighted by Crippen LogP contribution is -2.12. The lowest BCUT2D eigenvalue weighted by Gasteiger charge is -2.11. The first kappa shape index (κ1) is 13.7. The number of hydrogen-bond acceptors (Lipinski definition) is 2. The first-order chi connectivity index (χ1) is 8.86. The van der Waals surface area contributed by atoms with E-state index in [1.165, 1.54) is 12.1 Å². The predicted molar refractivity (Wildman–Crippen MR) is 65.5 cm³/mol. The summed E-state index contributed by atoms with van der Waals surface area (Å²) in [6, 6.07) is 6.60. The fourth-order valence-corrected chi connectivity index (χ4v) is 1.86. The summed E-state index contributed by atoms with van der Waals surface area (Å²) >= 11 is 0. The molecule has 0 amide bonds. The number of nitrogens with two attached hydrogens (primary N) is 1. The Bertz CT molecular complexity index is 543. The van der Waals surface area contributed by atoms with Crippen LogP contribution in [0.25, 0.3) is 0 Å². The van der Waals surface area contributed by atoms with Crippen molar-refractivity contribution in [2.45, 2.75) is 25.6 Å². The second kappa shape index (κ2) is 5.09. The van der Waals surface area contributed by atoms with E-state index in [-0.39, 0.29) is 6.04 Å². The number of rotatable bonds is 3. The van der Waals surface area contributed by atoms with Gasteiger partial charge in [-0.05, 0) is 37.1 Å². The Hall–Kier alpha value is -1.75. The van der Waals surface area contributed by atoms with Crippen molar-refractivity contribution in [2.75, 3.05) is 0 Å². The summed E-state index contributed by atoms with van der Waals surface area (Å²) < 4.78 is 42.4. The third-order valence-corrected chi connectivity index (χ3v) is 2.92. The first-order valence-electron chi connectivity index (χ1n) is 5.83. The molecule has 2 aromatic rings. The zero-order valence-corrected chi connectivity index (χ0v) is 10.4. The zero-order chi connectivity index (χ0) is 14.0. The van der Waals surface area contributed by atoms with E-state index in [1.54, 1.807) is 6.26 Å². The van der Waals surface area contributed by atoms with Gasteiger partial charge in [0.2, 0.25) is 0 Å². The SMILES string of the molecule is Cc1cc(C(N)Cc2ccc(C(F)(F)F)cc2)co1. The quantitative estimate of drug-likeness (QED) is 0.919. The Morgan fingerprint density at radius 2 is 1.84 bits per heavy atom. The minimum absolute atomic E-state index is 0.283. The molecule has 2 N–H and O–H groups in total. The Morgan fingerprint density at radius 1 is 1.21 bits per heavy atom. The average molecular weight is 269 g/mol. The summed E-state index contributed by atoms with van der Waals surface area (Å²) in [5, 5.41) is 0. The van der Waals surface area contributed by atoms with Gasteiger partial charge in [0.25, 0.3) is 0 Å². The van der Waals surface area contributed by atoms with E-state index >= 15 is 0 Å². The van der Waals surface area contributed by atoms with Crippen LogP contribution in [0.1, 0.15) is 28.5 Å². The fraction of sp³-hybridized carbons (Fsp3) is 0.286. The summed E-state index contributed by atoms with van der Waals surface area (Å²) in [5.74, 6) is 0.762. The molecule has 102 valence electrons. The molecule has 2 rings (SSSR count). The zero-order valence-electron chi connectivity index (χ0n) is 10.4. The molecule has 0 aliphatic rings. The van der Waals surface area contributed by atoms with Crippen molar-refractivity contribution in [1.82, 2.24) is 0 Å². The van der Waals surface area contributed by atoms with Crippen LogP contribution in [0.4, 0.5) is 13.2 Å². The Morgan fingerprint density at radius 3 is 2.32 bits per heavy atom. The van der Waals surface area contributed by atoms with Crippen molar-refractivity contribution in [2.24, 2.45) is 5.73 Å². The van der Waals surface area contributed by atoms with E-state index in [0.29, 0.717) is 6.42 Å². The lowest BCUT2D eigenvalue weighted by atomic mass is 10.0. The second-order valence-corrected chi connectivity index (χ2v) is 4.50. The van der Waals surface area contributed by atoms with Crippen molar-refractivity contribution in [3.8, 4) is 0 Å². The molecule has 0 saturated carbocycles. The molecule has 0 bridgehead atoms. The molecule has 0 fully saturated rings. The summed E-state index contributed by atoms with van der Waals surface area (Å²) in [5.41, 5.74) is 6.94. The third kappa shape index (κ3) is 3.38. The van der Waals surface area contributed by atoms with Crippen LogP contribution in [-0.4, -0.2) is 0 Å². The number of alkyl halides is 3. The lowest BCUT2D eigenvalue weighted by molar-refractivity contribution is -0.137. The van der Waals surface area contributed by atoms with Crippen LogP contribution in [0.15, 0.2) is 41.0 Å². The standard InChI is InChI=1S/C14H14F3NO/c1-9-6-11(8-19-9)13(18)7-10-2-4-12(5-3-10)14(15,16)17/h2-6,8,13H,7,18H2,1H3. The van der Waals surface area contributed by atoms with Crippen molar-refractivity contribution in [3.05, 3.63) is 59.0 Å². The highest BCUT2D eigenvalue weighted by molar-refractivity contribution is 5.27. The van der Waals surface area contributed by atoms with Crippen LogP contribution in [-0.2, 0) is 12.6 Å². The molecule has 1 aromatic heterocycles. The molecule has 1 atom stereocenters. The summed E-state index contributed by atoms with van der Waals surface area (Å²) in [4.78, 5) is 0. The van der Waals surface area contributed by atoms with Crippen LogP contribution in [0, 0.1) is 6.92 Å². The Labute approximate surface area is 109 Å². The van der Waals surface area contributed by atoms with E-state index in [0.717, 1.165) is 29.0 Å². The van der Waals surface area contributed by atoms with Gasteiger partial charge in [-0.2, -0.15) is 13.2 Å². The smallest absolute Gasteiger partial charge is 0.416 e. The maximum absolute atomic E-state index is 12.4. The van der Waals surface area contributed by atoms with Crippen LogP contribution in [0.3, 0.4) is 0 Å². The second-order valence-electron chi connectivity index (χ2n) is 4.50. The molecule has 0 aliphatic heterocycles. The molecule has 0 radical (unpaired) electrons. The van der Waals surface area contributed by atoms with Crippen molar-refractivity contribution in [1.29, 1.82) is 0 Å². The van der Waals surface area contributed by atoms with Crippen LogP contribution in [0.2, 0.25) is 0 Å². The van der Waals surface area contributed by atoms with Gasteiger partial charge >= 0.3 is 6.18 Å². The van der Waals surface area contributed by atoms with E-state index in [2.05, 4.69) is 0 Å². The first-order valence-corrected chi connectivity index (χ1v) is 5.83. The summed E-state index contributed by atoms with van der Waals surface area (Å²) in [6.07, 6.45) is -2.26. The van der Waals surface area contributed by atoms with Gasteiger partial charge in [0.15, 0.2) is 0 Å². The largest absolute Gasteiger partial charge is 0.469 e. The van der Waals surface area contributed by atoms with Crippen LogP contribution in [0.5, 0.6) is 0 Å². The molecule has 0 spiro atoms. The highest BCUT2D eigenvalue weighted by Crippen LogP contribution is 2.29. The van der Waals surface area contributed by atoms with Gasteiger partial charge in [-0.15, -0.1) is 0 Å². The van der Waals surface area contributed by atoms with Gasteiger partial charge in [0, 0.05) is 11.6 Å². The molecule has 1 unspecified atom stereocenters. The van der Waals surface area contributed by atoms with Gasteiger partial charge < -0.3 is 10.2 Å². The number of benzene rings is 1. The molecule has 2 nitrogen and oxygen atoms in total. The number of aryl methyl sites for hydroxylation is 1. The molecule has 1 aromatic carbocycles. The maximum Gasteiger partial charge on any atom is 0.416 e. The van der Waals surface area contributed by atoms with Gasteiger partial charge in [-0.25, -0.2) is 0 Å². The summed E-state index contributed by atoms with van der Waals surface area (Å²) in [6.45, 7) is 1.81. The molecule has 0 saturated heterocycles. The number of halogens is 3. The van der Waals surface area contributed by atoms with Crippen molar-refractivity contribution >= 4 is 0 Å². The van der Waals surface area contributed by atoms with Crippen LogP contribution >= 0.6 is 0 Å². The molecule has 1 heterocycles. The minimum Gasteiger partial charge on any atom is -0.469 e. The Balaban J connectivity index is 2.07. The predicted octanol–water partition coefficient (Wildman–Crippen LogP) is 3.85. The van der Waals surface area contributed by atoms with E-state index in [9.17, 15) is 13.2 Å². The van der Waals surface area contributed by atoms with E-state index in [1.807, 2.05) is 13.0 Å². The summed E-state index contributed by atoms with van der Waals surface area (Å²) in [7, 11) is 0. The monoisotopic (exact) mass is 269 g/mol. The fourth-order valence-electron chi connectivity index (χ4n) is 1.86. The van der Waals surface area contributed by atoms with Crippen LogP contribution < -0.4 is 5.73 Å². The molecule has 5 heteroatoms. The van der Waals surface area contributed by atoms with Crippen molar-refractivity contribution < 1.29 is 17.6 Å². The highest BCUT2D eigenvalue weighted by atomic mass is 19.4.